The number of aromatic nitrogens is 2. The predicted octanol–water partition coefficient (Wildman–Crippen LogP) is 2.97. The summed E-state index contributed by atoms with van der Waals surface area (Å²) in [5.74, 6) is 1.61. The van der Waals surface area contributed by atoms with E-state index in [9.17, 15) is 0 Å². The maximum Gasteiger partial charge on any atom is 0.126 e. The van der Waals surface area contributed by atoms with Crippen molar-refractivity contribution in [2.24, 2.45) is 0 Å². The van der Waals surface area contributed by atoms with E-state index in [1.54, 1.807) is 7.11 Å². The lowest BCUT2D eigenvalue weighted by atomic mass is 10.00. The van der Waals surface area contributed by atoms with E-state index in [-0.39, 0.29) is 0 Å². The first-order valence-corrected chi connectivity index (χ1v) is 6.20. The molecule has 4 nitrogen and oxygen atoms in total. The second kappa shape index (κ2) is 4.88. The average molecular weight is 257 g/mol. The molecule has 2 N–H and O–H groups in total. The minimum atomic E-state index is 0.637. The normalized spacial score (nSPS) is 10.6. The monoisotopic (exact) mass is 257 g/mol. The van der Waals surface area contributed by atoms with Crippen LogP contribution in [0.1, 0.15) is 22.6 Å². The quantitative estimate of drug-likeness (QED) is 0.898. The number of nitrogens with zero attached hydrogens (tertiary/aromatic N) is 2. The highest BCUT2D eigenvalue weighted by Crippen LogP contribution is 2.32. The van der Waals surface area contributed by atoms with Gasteiger partial charge in [-0.3, -0.25) is 0 Å². The molecule has 0 amide bonds. The summed E-state index contributed by atoms with van der Waals surface area (Å²) in [5.41, 5.74) is 11.6. The molecule has 1 aromatic heterocycles. The largest absolute Gasteiger partial charge is 0.496 e. The first-order valence-electron chi connectivity index (χ1n) is 6.20. The minimum Gasteiger partial charge on any atom is -0.496 e. The van der Waals surface area contributed by atoms with Crippen molar-refractivity contribution in [1.29, 1.82) is 0 Å². The first kappa shape index (κ1) is 13.3. The molecule has 100 valence electrons. The van der Waals surface area contributed by atoms with E-state index in [1.807, 2.05) is 33.8 Å². The Bertz CT molecular complexity index is 636. The molecule has 0 unspecified atom stereocenters. The summed E-state index contributed by atoms with van der Waals surface area (Å²) in [7, 11) is 1.68. The summed E-state index contributed by atoms with van der Waals surface area (Å²) in [6.45, 7) is 7.82. The standard InChI is InChI=1S/C15H19N3O/c1-8-7-13(19-5)9(2)6-12(8)15-14(16)10(3)17-11(4)18-15/h6-7H,16H2,1-5H3. The maximum absolute atomic E-state index is 6.12. The van der Waals surface area contributed by atoms with Crippen molar-refractivity contribution >= 4 is 5.69 Å². The summed E-state index contributed by atoms with van der Waals surface area (Å²) < 4.78 is 5.33. The number of methoxy groups -OCH3 is 1. The molecule has 0 spiro atoms. The van der Waals surface area contributed by atoms with Gasteiger partial charge in [0.1, 0.15) is 11.6 Å². The average Bonchev–Trinajstić information content (AvgIpc) is 2.36. The molecule has 0 aliphatic carbocycles. The molecule has 19 heavy (non-hydrogen) atoms. The van der Waals surface area contributed by atoms with E-state index in [4.69, 9.17) is 10.5 Å². The predicted molar refractivity (Wildman–Crippen MR) is 77.4 cm³/mol. The molecule has 4 heteroatoms. The fourth-order valence-electron chi connectivity index (χ4n) is 2.19. The number of benzene rings is 1. The lowest BCUT2D eigenvalue weighted by Gasteiger charge is -2.14. The Hall–Kier alpha value is -2.10. The van der Waals surface area contributed by atoms with Gasteiger partial charge in [-0.25, -0.2) is 9.97 Å². The van der Waals surface area contributed by atoms with Gasteiger partial charge in [0.25, 0.3) is 0 Å². The summed E-state index contributed by atoms with van der Waals surface area (Å²) in [6, 6.07) is 4.07. The topological polar surface area (TPSA) is 61.0 Å². The molecule has 2 rings (SSSR count). The fraction of sp³-hybridized carbons (Fsp3) is 0.333. The smallest absolute Gasteiger partial charge is 0.126 e. The first-order chi connectivity index (χ1) is 8.93. The van der Waals surface area contributed by atoms with Crippen molar-refractivity contribution in [2.45, 2.75) is 27.7 Å². The number of nitrogens with two attached hydrogens (primary N) is 1. The van der Waals surface area contributed by atoms with Gasteiger partial charge in [0.2, 0.25) is 0 Å². The van der Waals surface area contributed by atoms with Crippen molar-refractivity contribution in [3.63, 3.8) is 0 Å². The van der Waals surface area contributed by atoms with Crippen LogP contribution in [-0.2, 0) is 0 Å². The molecule has 2 aromatic rings. The van der Waals surface area contributed by atoms with Gasteiger partial charge in [-0.05, 0) is 51.0 Å². The zero-order valence-corrected chi connectivity index (χ0v) is 12.0. The molecule has 0 radical (unpaired) electrons. The van der Waals surface area contributed by atoms with Gasteiger partial charge in [-0.2, -0.15) is 0 Å². The van der Waals surface area contributed by atoms with Crippen LogP contribution in [0.5, 0.6) is 5.75 Å². The summed E-state index contributed by atoms with van der Waals surface area (Å²) in [5, 5.41) is 0. The summed E-state index contributed by atoms with van der Waals surface area (Å²) >= 11 is 0. The Labute approximate surface area is 113 Å². The van der Waals surface area contributed by atoms with Crippen molar-refractivity contribution in [1.82, 2.24) is 9.97 Å². The lowest BCUT2D eigenvalue weighted by Crippen LogP contribution is -2.03. The van der Waals surface area contributed by atoms with Crippen LogP contribution in [0.2, 0.25) is 0 Å². The SMILES string of the molecule is COc1cc(C)c(-c2nc(C)nc(C)c2N)cc1C. The third kappa shape index (κ3) is 2.38. The van der Waals surface area contributed by atoms with Gasteiger partial charge >= 0.3 is 0 Å². The van der Waals surface area contributed by atoms with Gasteiger partial charge in [0.15, 0.2) is 0 Å². The summed E-state index contributed by atoms with van der Waals surface area (Å²) in [4.78, 5) is 8.77. The van der Waals surface area contributed by atoms with Gasteiger partial charge < -0.3 is 10.5 Å². The van der Waals surface area contributed by atoms with Crippen LogP contribution in [0.15, 0.2) is 12.1 Å². The molecule has 0 atom stereocenters. The molecule has 1 aromatic carbocycles. The highest BCUT2D eigenvalue weighted by molar-refractivity contribution is 5.77. The Kier molecular flexibility index (Phi) is 3.42. The van der Waals surface area contributed by atoms with Gasteiger partial charge in [-0.1, -0.05) is 0 Å². The Morgan fingerprint density at radius 3 is 2.32 bits per heavy atom. The van der Waals surface area contributed by atoms with Crippen molar-refractivity contribution < 1.29 is 4.74 Å². The van der Waals surface area contributed by atoms with E-state index >= 15 is 0 Å². The van der Waals surface area contributed by atoms with Crippen LogP contribution >= 0.6 is 0 Å². The van der Waals surface area contributed by atoms with Crippen LogP contribution in [0.4, 0.5) is 5.69 Å². The van der Waals surface area contributed by atoms with Crippen LogP contribution in [0.3, 0.4) is 0 Å². The second-order valence-electron chi connectivity index (χ2n) is 4.76. The maximum atomic E-state index is 6.12. The number of nitrogen functional groups attached to an aromatic ring is 1. The highest BCUT2D eigenvalue weighted by Gasteiger charge is 2.13. The Morgan fingerprint density at radius 2 is 1.68 bits per heavy atom. The number of hydrogen-bond donors (Lipinski definition) is 1. The highest BCUT2D eigenvalue weighted by atomic mass is 16.5. The van der Waals surface area contributed by atoms with Crippen molar-refractivity contribution in [2.75, 3.05) is 12.8 Å². The molecule has 1 heterocycles. The minimum absolute atomic E-state index is 0.637. The van der Waals surface area contributed by atoms with E-state index in [2.05, 4.69) is 16.0 Å². The molecule has 0 saturated heterocycles. The van der Waals surface area contributed by atoms with E-state index in [1.165, 1.54) is 0 Å². The molecular weight excluding hydrogens is 238 g/mol. The third-order valence-corrected chi connectivity index (χ3v) is 3.25. The Balaban J connectivity index is 2.69. The molecule has 0 bridgehead atoms. The number of aryl methyl sites for hydroxylation is 4. The van der Waals surface area contributed by atoms with Crippen molar-refractivity contribution in [3.8, 4) is 17.0 Å². The Morgan fingerprint density at radius 1 is 1.00 bits per heavy atom. The molecule has 0 saturated carbocycles. The zero-order valence-electron chi connectivity index (χ0n) is 12.0. The van der Waals surface area contributed by atoms with Crippen LogP contribution in [0, 0.1) is 27.7 Å². The zero-order chi connectivity index (χ0) is 14.2. The van der Waals surface area contributed by atoms with Gasteiger partial charge in [0.05, 0.1) is 24.2 Å². The third-order valence-electron chi connectivity index (χ3n) is 3.25. The second-order valence-corrected chi connectivity index (χ2v) is 4.76. The van der Waals surface area contributed by atoms with Crippen LogP contribution < -0.4 is 10.5 Å². The fourth-order valence-corrected chi connectivity index (χ4v) is 2.19. The molecular formula is C15H19N3O. The van der Waals surface area contributed by atoms with Gasteiger partial charge in [0, 0.05) is 5.56 Å². The number of ether oxygens (including phenoxy) is 1. The van der Waals surface area contributed by atoms with Crippen LogP contribution in [0.25, 0.3) is 11.3 Å². The summed E-state index contributed by atoms with van der Waals surface area (Å²) in [6.07, 6.45) is 0. The van der Waals surface area contributed by atoms with E-state index < -0.39 is 0 Å². The molecule has 0 aliphatic rings. The molecule has 0 aliphatic heterocycles. The van der Waals surface area contributed by atoms with Crippen molar-refractivity contribution in [3.05, 3.63) is 34.8 Å². The number of anilines is 1. The van der Waals surface area contributed by atoms with E-state index in [0.29, 0.717) is 5.69 Å². The van der Waals surface area contributed by atoms with Gasteiger partial charge in [-0.15, -0.1) is 0 Å². The molecule has 0 fully saturated rings. The lowest BCUT2D eigenvalue weighted by molar-refractivity contribution is 0.411. The number of rotatable bonds is 2. The van der Waals surface area contributed by atoms with E-state index in [0.717, 1.165) is 39.7 Å². The number of hydrogen-bond acceptors (Lipinski definition) is 4. The van der Waals surface area contributed by atoms with Crippen LogP contribution in [-0.4, -0.2) is 17.1 Å².